The standard InChI is InChI=1S/C13H20N2O4S/c1-4-13(5-2,11(17)18)8-14-10(16)6-15-9(3)7-20-12(15)19/h7H,4-6,8H2,1-3H3,(H,14,16)(H,17,18). The second-order valence-electron chi connectivity index (χ2n) is 4.80. The topological polar surface area (TPSA) is 88.4 Å². The van der Waals surface area contributed by atoms with E-state index in [9.17, 15) is 19.5 Å². The minimum Gasteiger partial charge on any atom is -0.481 e. The predicted octanol–water partition coefficient (Wildman–Crippen LogP) is 1.23. The van der Waals surface area contributed by atoms with Crippen molar-refractivity contribution < 1.29 is 14.7 Å². The fourth-order valence-electron chi connectivity index (χ4n) is 1.94. The zero-order chi connectivity index (χ0) is 15.3. The first kappa shape index (κ1) is 16.4. The Kier molecular flexibility index (Phi) is 5.50. The smallest absolute Gasteiger partial charge is 0.311 e. The van der Waals surface area contributed by atoms with Crippen molar-refractivity contribution in [3.8, 4) is 0 Å². The van der Waals surface area contributed by atoms with Gasteiger partial charge in [-0.2, -0.15) is 0 Å². The van der Waals surface area contributed by atoms with E-state index in [0.29, 0.717) is 12.8 Å². The largest absolute Gasteiger partial charge is 0.481 e. The molecule has 0 spiro atoms. The van der Waals surface area contributed by atoms with Gasteiger partial charge in [0, 0.05) is 17.6 Å². The second-order valence-corrected chi connectivity index (χ2v) is 5.62. The summed E-state index contributed by atoms with van der Waals surface area (Å²) in [5.41, 5.74) is -0.213. The Labute approximate surface area is 121 Å². The van der Waals surface area contributed by atoms with Crippen LogP contribution < -0.4 is 10.2 Å². The van der Waals surface area contributed by atoms with Crippen molar-refractivity contribution in [2.45, 2.75) is 40.2 Å². The molecule has 1 aromatic rings. The molecule has 0 radical (unpaired) electrons. The number of aryl methyl sites for hydroxylation is 1. The van der Waals surface area contributed by atoms with Gasteiger partial charge in [-0.15, -0.1) is 0 Å². The summed E-state index contributed by atoms with van der Waals surface area (Å²) in [6, 6.07) is 0. The molecule has 0 aromatic carbocycles. The molecule has 1 rings (SSSR count). The molecule has 0 fully saturated rings. The van der Waals surface area contributed by atoms with E-state index in [1.54, 1.807) is 26.2 Å². The third-order valence-electron chi connectivity index (χ3n) is 3.71. The lowest BCUT2D eigenvalue weighted by Crippen LogP contribution is -2.43. The number of carboxylic acid groups (broad SMARTS) is 1. The van der Waals surface area contributed by atoms with Crippen molar-refractivity contribution in [2.24, 2.45) is 5.41 Å². The maximum absolute atomic E-state index is 11.9. The lowest BCUT2D eigenvalue weighted by Gasteiger charge is -2.26. The van der Waals surface area contributed by atoms with Gasteiger partial charge in [0.25, 0.3) is 0 Å². The van der Waals surface area contributed by atoms with Crippen LogP contribution in [0.2, 0.25) is 0 Å². The van der Waals surface area contributed by atoms with Gasteiger partial charge < -0.3 is 10.4 Å². The minimum atomic E-state index is -0.940. The summed E-state index contributed by atoms with van der Waals surface area (Å²) < 4.78 is 1.38. The van der Waals surface area contributed by atoms with Crippen LogP contribution in [0, 0.1) is 12.3 Å². The summed E-state index contributed by atoms with van der Waals surface area (Å²) in [7, 11) is 0. The van der Waals surface area contributed by atoms with Crippen LogP contribution in [-0.4, -0.2) is 28.1 Å². The Balaban J connectivity index is 2.68. The number of nitrogens with one attached hydrogen (secondary N) is 1. The number of carbonyl (C=O) groups excluding carboxylic acids is 1. The number of aromatic nitrogens is 1. The third-order valence-corrected chi connectivity index (χ3v) is 4.59. The Hall–Kier alpha value is -1.63. The number of rotatable bonds is 7. The lowest BCUT2D eigenvalue weighted by atomic mass is 9.82. The molecule has 0 saturated carbocycles. The molecule has 0 bridgehead atoms. The first-order valence-electron chi connectivity index (χ1n) is 6.51. The van der Waals surface area contributed by atoms with Gasteiger partial charge in [-0.3, -0.25) is 19.0 Å². The fourth-order valence-corrected chi connectivity index (χ4v) is 2.68. The number of thiazole rings is 1. The van der Waals surface area contributed by atoms with Gasteiger partial charge >= 0.3 is 10.8 Å². The molecule has 1 amide bonds. The van der Waals surface area contributed by atoms with Crippen molar-refractivity contribution in [2.75, 3.05) is 6.54 Å². The highest BCUT2D eigenvalue weighted by Crippen LogP contribution is 2.25. The Bertz CT molecular complexity index is 543. The van der Waals surface area contributed by atoms with Gasteiger partial charge in [0.15, 0.2) is 0 Å². The highest BCUT2D eigenvalue weighted by atomic mass is 32.1. The average Bonchev–Trinajstić information content (AvgIpc) is 2.72. The predicted molar refractivity (Wildman–Crippen MR) is 77.0 cm³/mol. The minimum absolute atomic E-state index is 0.0721. The number of carboxylic acids is 1. The zero-order valence-corrected chi connectivity index (χ0v) is 12.7. The van der Waals surface area contributed by atoms with Gasteiger partial charge in [0.1, 0.15) is 6.54 Å². The quantitative estimate of drug-likeness (QED) is 0.792. The van der Waals surface area contributed by atoms with Gasteiger partial charge in [0.2, 0.25) is 5.91 Å². The van der Waals surface area contributed by atoms with Gasteiger partial charge in [-0.05, 0) is 19.8 Å². The van der Waals surface area contributed by atoms with Crippen molar-refractivity contribution in [3.63, 3.8) is 0 Å². The first-order valence-corrected chi connectivity index (χ1v) is 7.39. The molecule has 112 valence electrons. The molecule has 1 heterocycles. The molecular weight excluding hydrogens is 280 g/mol. The molecule has 2 N–H and O–H groups in total. The number of nitrogens with zero attached hydrogens (tertiary/aromatic N) is 1. The Morgan fingerprint density at radius 1 is 1.40 bits per heavy atom. The van der Waals surface area contributed by atoms with E-state index in [4.69, 9.17) is 0 Å². The normalized spacial score (nSPS) is 11.3. The maximum Gasteiger partial charge on any atom is 0.311 e. The summed E-state index contributed by atoms with van der Waals surface area (Å²) in [6.45, 7) is 5.34. The summed E-state index contributed by atoms with van der Waals surface area (Å²) in [6.07, 6.45) is 0.882. The van der Waals surface area contributed by atoms with E-state index < -0.39 is 11.4 Å². The van der Waals surface area contributed by atoms with E-state index in [0.717, 1.165) is 17.0 Å². The summed E-state index contributed by atoms with van der Waals surface area (Å²) in [4.78, 5) is 34.5. The number of hydrogen-bond donors (Lipinski definition) is 2. The summed E-state index contributed by atoms with van der Waals surface area (Å²) in [5, 5.41) is 13.6. The molecule has 0 aliphatic carbocycles. The fraction of sp³-hybridized carbons (Fsp3) is 0.615. The third kappa shape index (κ3) is 3.47. The van der Waals surface area contributed by atoms with E-state index in [2.05, 4.69) is 5.32 Å². The van der Waals surface area contributed by atoms with E-state index >= 15 is 0 Å². The lowest BCUT2D eigenvalue weighted by molar-refractivity contribution is -0.149. The SMILES string of the molecule is CCC(CC)(CNC(=O)Cn1c(C)csc1=O)C(=O)O. The zero-order valence-electron chi connectivity index (χ0n) is 11.9. The van der Waals surface area contributed by atoms with Crippen LogP contribution in [0.3, 0.4) is 0 Å². The second kappa shape index (κ2) is 6.69. The van der Waals surface area contributed by atoms with E-state index in [-0.39, 0.29) is 23.9 Å². The number of aliphatic carboxylic acids is 1. The molecule has 6 nitrogen and oxygen atoms in total. The molecule has 7 heteroatoms. The van der Waals surface area contributed by atoms with Crippen LogP contribution in [0.25, 0.3) is 0 Å². The Morgan fingerprint density at radius 2 is 2.00 bits per heavy atom. The number of hydrogen-bond acceptors (Lipinski definition) is 4. The van der Waals surface area contributed by atoms with E-state index in [1.165, 1.54) is 4.57 Å². The molecule has 1 aromatic heterocycles. The average molecular weight is 300 g/mol. The molecule has 0 aliphatic heterocycles. The van der Waals surface area contributed by atoms with Crippen molar-refractivity contribution in [1.82, 2.24) is 9.88 Å². The van der Waals surface area contributed by atoms with Crippen LogP contribution in [0.4, 0.5) is 0 Å². The first-order chi connectivity index (χ1) is 9.36. The molecule has 0 unspecified atom stereocenters. The molecule has 0 saturated heterocycles. The summed E-state index contributed by atoms with van der Waals surface area (Å²) >= 11 is 1.04. The van der Waals surface area contributed by atoms with Crippen LogP contribution >= 0.6 is 11.3 Å². The van der Waals surface area contributed by atoms with Gasteiger partial charge in [0.05, 0.1) is 5.41 Å². The monoisotopic (exact) mass is 300 g/mol. The van der Waals surface area contributed by atoms with Crippen molar-refractivity contribution >= 4 is 23.2 Å². The number of amides is 1. The Morgan fingerprint density at radius 3 is 2.40 bits per heavy atom. The highest BCUT2D eigenvalue weighted by Gasteiger charge is 2.35. The molecule has 20 heavy (non-hydrogen) atoms. The van der Waals surface area contributed by atoms with Crippen LogP contribution in [-0.2, 0) is 16.1 Å². The maximum atomic E-state index is 11.9. The van der Waals surface area contributed by atoms with Crippen LogP contribution in [0.1, 0.15) is 32.4 Å². The molecular formula is C13H20N2O4S. The van der Waals surface area contributed by atoms with Crippen molar-refractivity contribution in [3.05, 3.63) is 20.7 Å². The van der Waals surface area contributed by atoms with Gasteiger partial charge in [-0.1, -0.05) is 25.2 Å². The van der Waals surface area contributed by atoms with Crippen LogP contribution in [0.15, 0.2) is 10.2 Å². The summed E-state index contributed by atoms with van der Waals surface area (Å²) in [5.74, 6) is -1.26. The highest BCUT2D eigenvalue weighted by molar-refractivity contribution is 7.07. The van der Waals surface area contributed by atoms with Gasteiger partial charge in [-0.25, -0.2) is 0 Å². The molecule has 0 aliphatic rings. The molecule has 0 atom stereocenters. The van der Waals surface area contributed by atoms with E-state index in [1.807, 2.05) is 0 Å². The number of carbonyl (C=O) groups is 2. The van der Waals surface area contributed by atoms with Crippen LogP contribution in [0.5, 0.6) is 0 Å². The van der Waals surface area contributed by atoms with Crippen molar-refractivity contribution in [1.29, 1.82) is 0 Å².